The van der Waals surface area contributed by atoms with Crippen LogP contribution in [0.5, 0.6) is 5.88 Å². The van der Waals surface area contributed by atoms with E-state index < -0.39 is 34.9 Å². The molecule has 4 nitrogen and oxygen atoms in total. The van der Waals surface area contributed by atoms with E-state index in [1.165, 1.54) is 24.3 Å². The maximum atomic E-state index is 14.2. The molecule has 0 amide bonds. The van der Waals surface area contributed by atoms with Crippen molar-refractivity contribution in [3.63, 3.8) is 0 Å². The molecule has 36 heavy (non-hydrogen) atoms. The van der Waals surface area contributed by atoms with Gasteiger partial charge in [-0.15, -0.1) is 0 Å². The van der Waals surface area contributed by atoms with Crippen LogP contribution >= 0.6 is 11.6 Å². The molecular weight excluding hydrogens is 516 g/mol. The quantitative estimate of drug-likeness (QED) is 0.362. The maximum absolute atomic E-state index is 14.2. The summed E-state index contributed by atoms with van der Waals surface area (Å²) in [6.07, 6.45) is -2.78. The van der Waals surface area contributed by atoms with Crippen molar-refractivity contribution in [2.24, 2.45) is 0 Å². The largest absolute Gasteiger partial charge is 1.00 e. The Balaban J connectivity index is 0.00000361. The summed E-state index contributed by atoms with van der Waals surface area (Å²) in [7, 11) is 0. The number of ether oxygens (including phenoxy) is 1. The zero-order chi connectivity index (χ0) is 25.3. The third kappa shape index (κ3) is 5.91. The standard InChI is InChI=1S/C25H17ClF5NO3.Na/c26-20-5-2-6-21(27)19(20)12-35-23-17(10-14(11-32-23)25(29,30)31)16-4-1-3-15(16)13-7-8-22(28)18(9-13)24(33)34;/h2,5-11H,1,3-4,12H2,(H,33,34);/q;+1/p-1. The van der Waals surface area contributed by atoms with Gasteiger partial charge in [0.1, 0.15) is 18.2 Å². The first-order chi connectivity index (χ1) is 16.6. The normalized spacial score (nSPS) is 13.5. The first kappa shape index (κ1) is 28.1. The summed E-state index contributed by atoms with van der Waals surface area (Å²) in [5.74, 6) is -3.52. The van der Waals surface area contributed by atoms with Crippen LogP contribution < -0.4 is 39.4 Å². The van der Waals surface area contributed by atoms with Crippen LogP contribution in [-0.2, 0) is 12.8 Å². The van der Waals surface area contributed by atoms with Gasteiger partial charge in [-0.3, -0.25) is 0 Å². The molecule has 0 radical (unpaired) electrons. The molecule has 2 aromatic carbocycles. The number of carbonyl (C=O) groups excluding carboxylic acids is 1. The van der Waals surface area contributed by atoms with Crippen molar-refractivity contribution in [3.8, 4) is 5.88 Å². The van der Waals surface area contributed by atoms with Crippen molar-refractivity contribution in [3.05, 3.63) is 93.1 Å². The fraction of sp³-hybridized carbons (Fsp3) is 0.200. The Hall–Kier alpha value is -2.46. The Morgan fingerprint density at radius 1 is 1.06 bits per heavy atom. The molecule has 0 unspecified atom stereocenters. The maximum Gasteiger partial charge on any atom is 1.00 e. The molecule has 0 atom stereocenters. The monoisotopic (exact) mass is 531 g/mol. The van der Waals surface area contributed by atoms with Crippen LogP contribution in [0.3, 0.4) is 0 Å². The third-order valence-corrected chi connectivity index (χ3v) is 6.03. The number of hydrogen-bond acceptors (Lipinski definition) is 4. The molecule has 1 aromatic heterocycles. The summed E-state index contributed by atoms with van der Waals surface area (Å²) in [4.78, 5) is 15.1. The second-order valence-corrected chi connectivity index (χ2v) is 8.26. The molecule has 1 aliphatic rings. The van der Waals surface area contributed by atoms with Gasteiger partial charge in [0.2, 0.25) is 5.88 Å². The van der Waals surface area contributed by atoms with Crippen molar-refractivity contribution in [1.29, 1.82) is 0 Å². The summed E-state index contributed by atoms with van der Waals surface area (Å²) in [6, 6.07) is 8.32. The molecule has 0 aliphatic heterocycles. The number of aromatic carboxylic acids is 1. The van der Waals surface area contributed by atoms with Gasteiger partial charge in [-0.2, -0.15) is 13.2 Å². The fourth-order valence-corrected chi connectivity index (χ4v) is 4.20. The number of halogens is 6. The number of nitrogens with zero attached hydrogens (tertiary/aromatic N) is 1. The number of carboxylic acids is 1. The second-order valence-electron chi connectivity index (χ2n) is 7.86. The van der Waals surface area contributed by atoms with Gasteiger partial charge in [-0.25, -0.2) is 13.8 Å². The van der Waals surface area contributed by atoms with E-state index in [1.54, 1.807) is 0 Å². The predicted octanol–water partition coefficient (Wildman–Crippen LogP) is 3.07. The van der Waals surface area contributed by atoms with E-state index in [-0.39, 0.29) is 58.2 Å². The van der Waals surface area contributed by atoms with Crippen LogP contribution in [-0.4, -0.2) is 11.0 Å². The number of carbonyl (C=O) groups is 1. The van der Waals surface area contributed by atoms with Crippen molar-refractivity contribution in [1.82, 2.24) is 4.98 Å². The van der Waals surface area contributed by atoms with E-state index in [4.69, 9.17) is 16.3 Å². The molecule has 0 saturated carbocycles. The van der Waals surface area contributed by atoms with E-state index in [1.807, 2.05) is 0 Å². The molecule has 1 heterocycles. The van der Waals surface area contributed by atoms with E-state index in [9.17, 15) is 31.9 Å². The number of allylic oxidation sites excluding steroid dienone is 2. The molecule has 0 saturated heterocycles. The minimum Gasteiger partial charge on any atom is -0.545 e. The summed E-state index contributed by atoms with van der Waals surface area (Å²) in [5.41, 5.74) is -0.333. The molecule has 11 heteroatoms. The fourth-order valence-electron chi connectivity index (χ4n) is 3.98. The van der Waals surface area contributed by atoms with Gasteiger partial charge >= 0.3 is 35.7 Å². The molecule has 182 valence electrons. The number of rotatable bonds is 6. The van der Waals surface area contributed by atoms with Crippen LogP contribution in [0, 0.1) is 11.6 Å². The van der Waals surface area contributed by atoms with Gasteiger partial charge in [0.15, 0.2) is 0 Å². The zero-order valence-electron chi connectivity index (χ0n) is 18.9. The minimum atomic E-state index is -4.69. The molecule has 0 bridgehead atoms. The number of carboxylic acid groups (broad SMARTS) is 1. The summed E-state index contributed by atoms with van der Waals surface area (Å²) in [5, 5.41) is 11.3. The Morgan fingerprint density at radius 2 is 1.78 bits per heavy atom. The van der Waals surface area contributed by atoms with Crippen LogP contribution in [0.2, 0.25) is 5.02 Å². The summed E-state index contributed by atoms with van der Waals surface area (Å²) >= 11 is 6.02. The van der Waals surface area contributed by atoms with E-state index >= 15 is 0 Å². The number of hydrogen-bond donors (Lipinski definition) is 0. The Morgan fingerprint density at radius 3 is 2.44 bits per heavy atom. The van der Waals surface area contributed by atoms with Gasteiger partial charge in [-0.05, 0) is 66.3 Å². The van der Waals surface area contributed by atoms with Crippen LogP contribution in [0.25, 0.3) is 11.1 Å². The van der Waals surface area contributed by atoms with E-state index in [2.05, 4.69) is 4.98 Å². The Bertz CT molecular complexity index is 1320. The molecule has 0 N–H and O–H groups in total. The SMILES string of the molecule is O=C([O-])c1cc(C2=C(c3cc(C(F)(F)F)cnc3OCc3c(F)cccc3Cl)CCC2)ccc1F.[Na+]. The number of alkyl halides is 3. The molecule has 0 fully saturated rings. The number of aromatic nitrogens is 1. The smallest absolute Gasteiger partial charge is 0.545 e. The molecule has 4 rings (SSSR count). The van der Waals surface area contributed by atoms with Gasteiger partial charge < -0.3 is 14.6 Å². The third-order valence-electron chi connectivity index (χ3n) is 5.67. The zero-order valence-corrected chi connectivity index (χ0v) is 21.6. The molecule has 0 spiro atoms. The van der Waals surface area contributed by atoms with Gasteiger partial charge in [-0.1, -0.05) is 23.7 Å². The van der Waals surface area contributed by atoms with Gasteiger partial charge in [0, 0.05) is 22.9 Å². The molecule has 1 aliphatic carbocycles. The van der Waals surface area contributed by atoms with Crippen LogP contribution in [0.1, 0.15) is 51.9 Å². The van der Waals surface area contributed by atoms with E-state index in [0.717, 1.165) is 18.2 Å². The Labute approximate surface area is 230 Å². The minimum absolute atomic E-state index is 0. The van der Waals surface area contributed by atoms with Gasteiger partial charge in [0.25, 0.3) is 0 Å². The van der Waals surface area contributed by atoms with Crippen LogP contribution in [0.4, 0.5) is 22.0 Å². The van der Waals surface area contributed by atoms with Crippen molar-refractivity contribution >= 4 is 28.7 Å². The van der Waals surface area contributed by atoms with Crippen molar-refractivity contribution in [2.75, 3.05) is 0 Å². The average Bonchev–Trinajstić information content (AvgIpc) is 3.28. The van der Waals surface area contributed by atoms with E-state index in [0.29, 0.717) is 42.2 Å². The van der Waals surface area contributed by atoms with Crippen LogP contribution in [0.15, 0.2) is 48.7 Å². The summed E-state index contributed by atoms with van der Waals surface area (Å²) in [6.45, 7) is -0.384. The average molecular weight is 532 g/mol. The van der Waals surface area contributed by atoms with Crippen molar-refractivity contribution in [2.45, 2.75) is 32.0 Å². The molecule has 3 aromatic rings. The van der Waals surface area contributed by atoms with Crippen molar-refractivity contribution < 1.29 is 66.1 Å². The Kier molecular flexibility index (Phi) is 8.82. The van der Waals surface area contributed by atoms with Gasteiger partial charge in [0.05, 0.1) is 16.6 Å². The predicted molar refractivity (Wildman–Crippen MR) is 116 cm³/mol. The summed E-state index contributed by atoms with van der Waals surface area (Å²) < 4.78 is 74.1. The first-order valence-corrected chi connectivity index (χ1v) is 10.8. The second kappa shape index (κ2) is 11.3. The number of pyridine rings is 1. The first-order valence-electron chi connectivity index (χ1n) is 10.4. The number of benzene rings is 2. The topological polar surface area (TPSA) is 62.2 Å². The molecular formula is C25H16ClF5NNaO3.